The third kappa shape index (κ3) is 2.80. The van der Waals surface area contributed by atoms with E-state index in [0.717, 1.165) is 36.1 Å². The number of pyridine rings is 1. The van der Waals surface area contributed by atoms with Crippen molar-refractivity contribution in [3.8, 4) is 0 Å². The van der Waals surface area contributed by atoms with E-state index < -0.39 is 0 Å². The summed E-state index contributed by atoms with van der Waals surface area (Å²) in [7, 11) is 0. The maximum absolute atomic E-state index is 11.6. The number of halogens is 2. The molecule has 1 aliphatic heterocycles. The molecule has 17 heavy (non-hydrogen) atoms. The molecule has 92 valence electrons. The van der Waals surface area contributed by atoms with Crippen LogP contribution in [-0.4, -0.2) is 23.4 Å². The summed E-state index contributed by atoms with van der Waals surface area (Å²) in [6.07, 6.45) is 4.78. The highest BCUT2D eigenvalue weighted by Gasteiger charge is 2.28. The first-order valence-electron chi connectivity index (χ1n) is 5.67. The van der Waals surface area contributed by atoms with Crippen molar-refractivity contribution >= 4 is 39.1 Å². The van der Waals surface area contributed by atoms with Gasteiger partial charge in [-0.05, 0) is 48.2 Å². The molecule has 0 aromatic carbocycles. The number of piperidine rings is 1. The predicted molar refractivity (Wildman–Crippen MR) is 72.6 cm³/mol. The number of aromatic nitrogens is 1. The Morgan fingerprint density at radius 3 is 3.00 bits per heavy atom. The summed E-state index contributed by atoms with van der Waals surface area (Å²) >= 11 is 9.52. The summed E-state index contributed by atoms with van der Waals surface area (Å²) in [6, 6.07) is 1.74. The van der Waals surface area contributed by atoms with E-state index >= 15 is 0 Å². The highest BCUT2D eigenvalue weighted by molar-refractivity contribution is 9.10. The number of carbonyl (C=O) groups is 1. The number of nitrogens with zero attached hydrogens (tertiary/aromatic N) is 2. The Kier molecular flexibility index (Phi) is 4.05. The number of hydrogen-bond donors (Lipinski definition) is 0. The number of anilines is 1. The lowest BCUT2D eigenvalue weighted by molar-refractivity contribution is -0.118. The normalized spacial score (nSPS) is 20.4. The molecule has 0 bridgehead atoms. The molecule has 1 saturated heterocycles. The lowest BCUT2D eigenvalue weighted by Gasteiger charge is -2.35. The number of rotatable bonds is 2. The highest BCUT2D eigenvalue weighted by atomic mass is 79.9. The van der Waals surface area contributed by atoms with Crippen molar-refractivity contribution in [3.63, 3.8) is 0 Å². The molecule has 0 aliphatic carbocycles. The zero-order valence-electron chi connectivity index (χ0n) is 9.62. The van der Waals surface area contributed by atoms with E-state index in [4.69, 9.17) is 11.6 Å². The highest BCUT2D eigenvalue weighted by Crippen LogP contribution is 2.31. The van der Waals surface area contributed by atoms with Gasteiger partial charge in [0.2, 0.25) is 0 Å². The van der Waals surface area contributed by atoms with Crippen LogP contribution in [0.1, 0.15) is 26.2 Å². The van der Waals surface area contributed by atoms with E-state index in [2.05, 4.69) is 20.9 Å². The maximum Gasteiger partial charge on any atom is 0.152 e. The van der Waals surface area contributed by atoms with E-state index in [1.54, 1.807) is 13.1 Å². The van der Waals surface area contributed by atoms with Crippen LogP contribution in [0.4, 0.5) is 5.82 Å². The Hall–Kier alpha value is -0.610. The van der Waals surface area contributed by atoms with Gasteiger partial charge < -0.3 is 4.90 Å². The van der Waals surface area contributed by atoms with Gasteiger partial charge >= 0.3 is 0 Å². The van der Waals surface area contributed by atoms with Crippen molar-refractivity contribution in [1.29, 1.82) is 0 Å². The molecule has 0 spiro atoms. The fraction of sp³-hybridized carbons (Fsp3) is 0.500. The van der Waals surface area contributed by atoms with Crippen molar-refractivity contribution in [3.05, 3.63) is 21.8 Å². The second-order valence-corrected chi connectivity index (χ2v) is 5.60. The zero-order chi connectivity index (χ0) is 12.4. The van der Waals surface area contributed by atoms with Gasteiger partial charge in [-0.3, -0.25) is 4.79 Å². The molecule has 1 fully saturated rings. The monoisotopic (exact) mass is 316 g/mol. The van der Waals surface area contributed by atoms with Crippen molar-refractivity contribution < 1.29 is 4.79 Å². The molecule has 2 rings (SSSR count). The van der Waals surface area contributed by atoms with Crippen LogP contribution in [0.25, 0.3) is 0 Å². The van der Waals surface area contributed by atoms with Gasteiger partial charge in [-0.1, -0.05) is 11.6 Å². The molecule has 1 aromatic heterocycles. The molecule has 1 unspecified atom stereocenters. The molecular weight excluding hydrogens is 304 g/mol. The van der Waals surface area contributed by atoms with Crippen LogP contribution in [0.3, 0.4) is 0 Å². The van der Waals surface area contributed by atoms with Crippen LogP contribution in [-0.2, 0) is 4.79 Å². The van der Waals surface area contributed by atoms with Crippen LogP contribution in [0.2, 0.25) is 5.02 Å². The molecule has 0 amide bonds. The Balaban J connectivity index is 2.32. The van der Waals surface area contributed by atoms with E-state index in [-0.39, 0.29) is 11.8 Å². The Labute approximate surface area is 114 Å². The summed E-state index contributed by atoms with van der Waals surface area (Å²) in [4.78, 5) is 18.0. The van der Waals surface area contributed by atoms with Gasteiger partial charge in [0.1, 0.15) is 5.82 Å². The maximum atomic E-state index is 11.6. The molecule has 0 saturated carbocycles. The first kappa shape index (κ1) is 12.8. The SMILES string of the molecule is CC(=O)C1CCCCN1c1ncc(Br)cc1Cl. The fourth-order valence-electron chi connectivity index (χ4n) is 2.23. The van der Waals surface area contributed by atoms with Crippen LogP contribution in [0.5, 0.6) is 0 Å². The summed E-state index contributed by atoms with van der Waals surface area (Å²) in [5.41, 5.74) is 0. The molecule has 1 atom stereocenters. The number of Topliss-reactive ketones (excluding diaryl/α,β-unsaturated/α-hetero) is 1. The third-order valence-electron chi connectivity index (χ3n) is 3.03. The number of carbonyl (C=O) groups excluding carboxylic acids is 1. The van der Waals surface area contributed by atoms with Crippen LogP contribution in [0, 0.1) is 0 Å². The van der Waals surface area contributed by atoms with Crippen molar-refractivity contribution in [2.45, 2.75) is 32.2 Å². The number of hydrogen-bond acceptors (Lipinski definition) is 3. The molecule has 2 heterocycles. The Morgan fingerprint density at radius 1 is 1.59 bits per heavy atom. The zero-order valence-corrected chi connectivity index (χ0v) is 12.0. The van der Waals surface area contributed by atoms with Crippen molar-refractivity contribution in [2.24, 2.45) is 0 Å². The van der Waals surface area contributed by atoms with Crippen LogP contribution >= 0.6 is 27.5 Å². The molecule has 0 N–H and O–H groups in total. The summed E-state index contributed by atoms with van der Waals surface area (Å²) in [5, 5.41) is 0.590. The van der Waals surface area contributed by atoms with Crippen molar-refractivity contribution in [2.75, 3.05) is 11.4 Å². The standard InChI is InChI=1S/C12H14BrClN2O/c1-8(17)11-4-2-3-5-16(11)12-10(14)6-9(13)7-15-12/h6-7,11H,2-5H2,1H3. The van der Waals surface area contributed by atoms with Gasteiger partial charge in [-0.15, -0.1) is 0 Å². The predicted octanol–water partition coefficient (Wildman–Crippen LogP) is 3.45. The number of ketones is 1. The Morgan fingerprint density at radius 2 is 2.35 bits per heavy atom. The first-order valence-corrected chi connectivity index (χ1v) is 6.85. The van der Waals surface area contributed by atoms with E-state index in [9.17, 15) is 4.79 Å². The molecule has 1 aromatic rings. The second kappa shape index (κ2) is 5.36. The average Bonchev–Trinajstić information content (AvgIpc) is 2.29. The lowest BCUT2D eigenvalue weighted by atomic mass is 9.99. The summed E-state index contributed by atoms with van der Waals surface area (Å²) in [5.74, 6) is 0.903. The van der Waals surface area contributed by atoms with Gasteiger partial charge in [0.15, 0.2) is 5.78 Å². The average molecular weight is 318 g/mol. The first-order chi connectivity index (χ1) is 8.09. The minimum absolute atomic E-state index is 0.0741. The van der Waals surface area contributed by atoms with Gasteiger partial charge in [-0.25, -0.2) is 4.98 Å². The summed E-state index contributed by atoms with van der Waals surface area (Å²) < 4.78 is 0.850. The largest absolute Gasteiger partial charge is 0.345 e. The van der Waals surface area contributed by atoms with Gasteiger partial charge in [0, 0.05) is 17.2 Å². The van der Waals surface area contributed by atoms with E-state index in [1.165, 1.54) is 0 Å². The fourth-order valence-corrected chi connectivity index (χ4v) is 2.96. The minimum Gasteiger partial charge on any atom is -0.345 e. The van der Waals surface area contributed by atoms with Crippen LogP contribution in [0.15, 0.2) is 16.7 Å². The summed E-state index contributed by atoms with van der Waals surface area (Å²) in [6.45, 7) is 2.48. The third-order valence-corrected chi connectivity index (χ3v) is 3.74. The topological polar surface area (TPSA) is 33.2 Å². The second-order valence-electron chi connectivity index (χ2n) is 4.27. The van der Waals surface area contributed by atoms with Gasteiger partial charge in [0.05, 0.1) is 11.1 Å². The van der Waals surface area contributed by atoms with Gasteiger partial charge in [-0.2, -0.15) is 0 Å². The van der Waals surface area contributed by atoms with E-state index in [1.807, 2.05) is 11.0 Å². The minimum atomic E-state index is -0.0741. The molecule has 5 heteroatoms. The molecule has 3 nitrogen and oxygen atoms in total. The van der Waals surface area contributed by atoms with E-state index in [0.29, 0.717) is 5.02 Å². The Bertz CT molecular complexity index is 439. The quantitative estimate of drug-likeness (QED) is 0.837. The molecule has 1 aliphatic rings. The lowest BCUT2D eigenvalue weighted by Crippen LogP contribution is -2.44. The molecular formula is C12H14BrClN2O. The van der Waals surface area contributed by atoms with Crippen molar-refractivity contribution in [1.82, 2.24) is 4.98 Å². The van der Waals surface area contributed by atoms with Gasteiger partial charge in [0.25, 0.3) is 0 Å². The van der Waals surface area contributed by atoms with Crippen LogP contribution < -0.4 is 4.90 Å². The molecule has 0 radical (unpaired) electrons. The smallest absolute Gasteiger partial charge is 0.152 e.